The summed E-state index contributed by atoms with van der Waals surface area (Å²) < 4.78 is 36.4. The lowest BCUT2D eigenvalue weighted by Gasteiger charge is -2.07. The van der Waals surface area contributed by atoms with Gasteiger partial charge in [-0.2, -0.15) is 13.2 Å². The van der Waals surface area contributed by atoms with Gasteiger partial charge in [-0.15, -0.1) is 0 Å². The molecule has 4 nitrogen and oxygen atoms in total. The van der Waals surface area contributed by atoms with Crippen molar-refractivity contribution in [3.63, 3.8) is 0 Å². The van der Waals surface area contributed by atoms with Crippen molar-refractivity contribution in [2.24, 2.45) is 5.11 Å². The number of nitrogens with zero attached hydrogens (tertiary/aromatic N) is 3. The van der Waals surface area contributed by atoms with Crippen LogP contribution in [0.1, 0.15) is 5.56 Å². The molecule has 1 aromatic carbocycles. The second-order valence-corrected chi connectivity index (χ2v) is 2.46. The summed E-state index contributed by atoms with van der Waals surface area (Å²) in [5.41, 5.74) is 12.2. The summed E-state index contributed by atoms with van der Waals surface area (Å²) in [6.07, 6.45) is -4.44. The molecule has 0 aliphatic rings. The predicted molar refractivity (Wildman–Crippen MR) is 44.7 cm³/mol. The summed E-state index contributed by atoms with van der Waals surface area (Å²) in [4.78, 5) is 2.42. The highest BCUT2D eigenvalue weighted by Gasteiger charge is 2.30. The van der Waals surface area contributed by atoms with Gasteiger partial charge >= 0.3 is 6.18 Å². The Bertz CT molecular complexity index is 392. The maximum absolute atomic E-state index is 12.1. The number of nitrogen functional groups attached to an aromatic ring is 1. The number of nitrogens with two attached hydrogens (primary N) is 1. The lowest BCUT2D eigenvalue weighted by atomic mass is 10.2. The van der Waals surface area contributed by atoms with E-state index in [1.54, 1.807) is 0 Å². The minimum absolute atomic E-state index is 0.0134. The molecule has 1 rings (SSSR count). The number of anilines is 1. The highest BCUT2D eigenvalue weighted by molar-refractivity contribution is 5.63. The second-order valence-electron chi connectivity index (χ2n) is 2.46. The van der Waals surface area contributed by atoms with E-state index in [9.17, 15) is 13.2 Å². The molecule has 74 valence electrons. The van der Waals surface area contributed by atoms with Gasteiger partial charge in [-0.05, 0) is 23.7 Å². The highest BCUT2D eigenvalue weighted by atomic mass is 19.4. The quantitative estimate of drug-likeness (QED) is 0.322. The first-order valence-electron chi connectivity index (χ1n) is 3.47. The van der Waals surface area contributed by atoms with Gasteiger partial charge in [0.05, 0.1) is 11.3 Å². The van der Waals surface area contributed by atoms with Gasteiger partial charge < -0.3 is 5.73 Å². The highest BCUT2D eigenvalue weighted by Crippen LogP contribution is 2.33. The molecule has 0 aliphatic carbocycles. The van der Waals surface area contributed by atoms with E-state index in [2.05, 4.69) is 10.0 Å². The summed E-state index contributed by atoms with van der Waals surface area (Å²) in [5.74, 6) is 0. The van der Waals surface area contributed by atoms with Gasteiger partial charge in [0.15, 0.2) is 0 Å². The summed E-state index contributed by atoms with van der Waals surface area (Å²) in [5, 5.41) is 3.12. The lowest BCUT2D eigenvalue weighted by Crippen LogP contribution is -2.05. The smallest absolute Gasteiger partial charge is 0.398 e. The average Bonchev–Trinajstić information content (AvgIpc) is 2.07. The molecule has 0 saturated carbocycles. The Morgan fingerprint density at radius 3 is 2.43 bits per heavy atom. The molecule has 14 heavy (non-hydrogen) atoms. The third-order valence-corrected chi connectivity index (χ3v) is 1.51. The number of rotatable bonds is 1. The molecule has 1 aromatic rings. The fourth-order valence-corrected chi connectivity index (χ4v) is 0.870. The van der Waals surface area contributed by atoms with Crippen LogP contribution in [0.25, 0.3) is 10.4 Å². The summed E-state index contributed by atoms with van der Waals surface area (Å²) >= 11 is 0. The normalized spacial score (nSPS) is 10.8. The zero-order valence-corrected chi connectivity index (χ0v) is 6.78. The fraction of sp³-hybridized carbons (Fsp3) is 0.143. The first-order chi connectivity index (χ1) is 6.45. The Morgan fingerprint density at radius 2 is 2.00 bits per heavy atom. The van der Waals surface area contributed by atoms with Crippen molar-refractivity contribution in [3.8, 4) is 0 Å². The molecule has 0 unspecified atom stereocenters. The van der Waals surface area contributed by atoms with E-state index < -0.39 is 11.7 Å². The van der Waals surface area contributed by atoms with Crippen LogP contribution in [0.4, 0.5) is 24.5 Å². The third kappa shape index (κ3) is 2.08. The zero-order chi connectivity index (χ0) is 10.8. The van der Waals surface area contributed by atoms with Gasteiger partial charge in [0.25, 0.3) is 0 Å². The molecular formula is C7H5F3N4. The van der Waals surface area contributed by atoms with E-state index >= 15 is 0 Å². The first-order valence-corrected chi connectivity index (χ1v) is 3.47. The molecule has 0 bridgehead atoms. The largest absolute Gasteiger partial charge is 0.416 e. The van der Waals surface area contributed by atoms with Crippen molar-refractivity contribution in [2.75, 3.05) is 5.73 Å². The standard InChI is InChI=1S/C7H5F3N4/c8-7(9,10)4-1-2-6(13-14-12)5(11)3-4/h1-3H,11H2. The second kappa shape index (κ2) is 3.47. The number of halogens is 3. The molecular weight excluding hydrogens is 197 g/mol. The fourth-order valence-electron chi connectivity index (χ4n) is 0.870. The van der Waals surface area contributed by atoms with Crippen molar-refractivity contribution in [1.82, 2.24) is 0 Å². The molecule has 0 aromatic heterocycles. The Labute approximate surface area is 76.8 Å². The van der Waals surface area contributed by atoms with E-state index in [-0.39, 0.29) is 11.4 Å². The Morgan fingerprint density at radius 1 is 1.36 bits per heavy atom. The van der Waals surface area contributed by atoms with Crippen LogP contribution in [0.5, 0.6) is 0 Å². The number of benzene rings is 1. The maximum Gasteiger partial charge on any atom is 0.416 e. The van der Waals surface area contributed by atoms with Crippen LogP contribution in [0.2, 0.25) is 0 Å². The van der Waals surface area contributed by atoms with Gasteiger partial charge in [0.1, 0.15) is 0 Å². The van der Waals surface area contributed by atoms with Crippen LogP contribution < -0.4 is 5.73 Å². The van der Waals surface area contributed by atoms with Crippen LogP contribution in [-0.2, 0) is 6.18 Å². The van der Waals surface area contributed by atoms with Gasteiger partial charge in [-0.1, -0.05) is 5.11 Å². The Kier molecular flexibility index (Phi) is 2.53. The van der Waals surface area contributed by atoms with Crippen molar-refractivity contribution in [2.45, 2.75) is 6.18 Å². The summed E-state index contributed by atoms with van der Waals surface area (Å²) in [7, 11) is 0. The lowest BCUT2D eigenvalue weighted by molar-refractivity contribution is -0.137. The van der Waals surface area contributed by atoms with Gasteiger partial charge in [0.2, 0.25) is 0 Å². The van der Waals surface area contributed by atoms with E-state index in [1.807, 2.05) is 0 Å². The molecule has 0 saturated heterocycles. The van der Waals surface area contributed by atoms with E-state index in [0.717, 1.165) is 18.2 Å². The van der Waals surface area contributed by atoms with Crippen molar-refractivity contribution < 1.29 is 13.2 Å². The van der Waals surface area contributed by atoms with E-state index in [0.29, 0.717) is 0 Å². The van der Waals surface area contributed by atoms with Crippen LogP contribution in [0.15, 0.2) is 23.3 Å². The van der Waals surface area contributed by atoms with Crippen LogP contribution in [0.3, 0.4) is 0 Å². The van der Waals surface area contributed by atoms with Crippen molar-refractivity contribution in [1.29, 1.82) is 0 Å². The minimum atomic E-state index is -4.44. The number of alkyl halides is 3. The van der Waals surface area contributed by atoms with Crippen LogP contribution >= 0.6 is 0 Å². The first kappa shape index (κ1) is 10.2. The molecule has 0 radical (unpaired) electrons. The molecule has 0 fully saturated rings. The molecule has 2 N–H and O–H groups in total. The number of hydrogen-bond acceptors (Lipinski definition) is 2. The molecule has 0 spiro atoms. The molecule has 0 atom stereocenters. The minimum Gasteiger partial charge on any atom is -0.398 e. The number of hydrogen-bond donors (Lipinski definition) is 1. The van der Waals surface area contributed by atoms with Gasteiger partial charge in [-0.25, -0.2) is 0 Å². The summed E-state index contributed by atoms with van der Waals surface area (Å²) in [6.45, 7) is 0. The van der Waals surface area contributed by atoms with Gasteiger partial charge in [-0.3, -0.25) is 0 Å². The monoisotopic (exact) mass is 202 g/mol. The third-order valence-electron chi connectivity index (χ3n) is 1.51. The Hall–Kier alpha value is -1.88. The molecule has 0 amide bonds. The van der Waals surface area contributed by atoms with Crippen molar-refractivity contribution >= 4 is 11.4 Å². The Balaban J connectivity index is 3.19. The van der Waals surface area contributed by atoms with Gasteiger partial charge in [0, 0.05) is 10.6 Å². The SMILES string of the molecule is [N-]=[N+]=Nc1ccc(C(F)(F)F)cc1N. The maximum atomic E-state index is 12.1. The van der Waals surface area contributed by atoms with E-state index in [4.69, 9.17) is 11.3 Å². The average molecular weight is 202 g/mol. The molecule has 7 heteroatoms. The van der Waals surface area contributed by atoms with Crippen LogP contribution in [-0.4, -0.2) is 0 Å². The molecule has 0 heterocycles. The predicted octanol–water partition coefficient (Wildman–Crippen LogP) is 3.23. The summed E-state index contributed by atoms with van der Waals surface area (Å²) in [6, 6.07) is 2.56. The number of azide groups is 1. The topological polar surface area (TPSA) is 74.8 Å². The molecule has 0 aliphatic heterocycles. The zero-order valence-electron chi connectivity index (χ0n) is 6.78. The van der Waals surface area contributed by atoms with Crippen LogP contribution in [0, 0.1) is 0 Å². The van der Waals surface area contributed by atoms with Crippen molar-refractivity contribution in [3.05, 3.63) is 34.2 Å². The van der Waals surface area contributed by atoms with E-state index in [1.165, 1.54) is 0 Å².